The maximum absolute atomic E-state index is 13.1. The summed E-state index contributed by atoms with van der Waals surface area (Å²) in [5.41, 5.74) is 1.06. The van der Waals surface area contributed by atoms with E-state index in [0.717, 1.165) is 0 Å². The molecule has 1 fully saturated rings. The molecule has 0 radical (unpaired) electrons. The number of carbonyl (C=O) groups excluding carboxylic acids is 2. The van der Waals surface area contributed by atoms with E-state index in [1.165, 1.54) is 19.1 Å². The number of likely N-dealkylation sites (N-methyl/N-ethyl adjacent to an activating group) is 1. The number of nitrogens with zero attached hydrogens (tertiary/aromatic N) is 2. The minimum Gasteiger partial charge on any atom is -0.507 e. The van der Waals surface area contributed by atoms with Gasteiger partial charge in [-0.1, -0.05) is 18.7 Å². The Bertz CT molecular complexity index is 1090. The Morgan fingerprint density at radius 1 is 1.09 bits per heavy atom. The van der Waals surface area contributed by atoms with Crippen LogP contribution in [0.5, 0.6) is 17.2 Å². The van der Waals surface area contributed by atoms with Gasteiger partial charge in [0.25, 0.3) is 11.7 Å². The molecule has 8 nitrogen and oxygen atoms in total. The molecule has 1 amide bonds. The van der Waals surface area contributed by atoms with E-state index in [-0.39, 0.29) is 11.3 Å². The number of rotatable bonds is 10. The van der Waals surface area contributed by atoms with Crippen molar-refractivity contribution in [3.63, 3.8) is 0 Å². The molecule has 34 heavy (non-hydrogen) atoms. The summed E-state index contributed by atoms with van der Waals surface area (Å²) in [5, 5.41) is 11.2. The average molecular weight is 467 g/mol. The van der Waals surface area contributed by atoms with Crippen molar-refractivity contribution in [3.8, 4) is 17.2 Å². The molecule has 1 aliphatic rings. The third-order valence-electron chi connectivity index (χ3n) is 5.55. The number of ether oxygens (including phenoxy) is 3. The van der Waals surface area contributed by atoms with Gasteiger partial charge in [-0.15, -0.1) is 0 Å². The van der Waals surface area contributed by atoms with E-state index in [0.29, 0.717) is 48.1 Å². The largest absolute Gasteiger partial charge is 0.507 e. The number of hydrogen-bond acceptors (Lipinski definition) is 7. The van der Waals surface area contributed by atoms with Gasteiger partial charge in [0.15, 0.2) is 11.5 Å². The Labute approximate surface area is 199 Å². The van der Waals surface area contributed by atoms with Gasteiger partial charge in [-0.3, -0.25) is 9.59 Å². The Hall–Kier alpha value is -3.78. The molecule has 1 heterocycles. The van der Waals surface area contributed by atoms with Gasteiger partial charge in [-0.25, -0.2) is 0 Å². The fourth-order valence-corrected chi connectivity index (χ4v) is 3.81. The highest BCUT2D eigenvalue weighted by atomic mass is 16.5. The smallest absolute Gasteiger partial charge is 0.295 e. The molecular formula is C26H30N2O6. The molecular weight excluding hydrogens is 436 g/mol. The number of aliphatic hydroxyl groups is 1. The third-order valence-corrected chi connectivity index (χ3v) is 5.55. The molecule has 0 saturated carbocycles. The highest BCUT2D eigenvalue weighted by Crippen LogP contribution is 2.41. The second-order valence-corrected chi connectivity index (χ2v) is 8.03. The molecule has 8 heteroatoms. The first-order valence-electron chi connectivity index (χ1n) is 10.8. The van der Waals surface area contributed by atoms with Crippen LogP contribution >= 0.6 is 0 Å². The number of benzene rings is 2. The lowest BCUT2D eigenvalue weighted by Gasteiger charge is -2.27. The van der Waals surface area contributed by atoms with Gasteiger partial charge >= 0.3 is 0 Å². The number of Topliss-reactive ketones (excluding diaryl/α,β-unsaturated/α-hetero) is 1. The Balaban J connectivity index is 2.11. The number of likely N-dealkylation sites (tertiary alicyclic amines) is 1. The van der Waals surface area contributed by atoms with Gasteiger partial charge in [0, 0.05) is 18.7 Å². The summed E-state index contributed by atoms with van der Waals surface area (Å²) in [6.07, 6.45) is 1.63. The molecule has 0 unspecified atom stereocenters. The van der Waals surface area contributed by atoms with Crippen LogP contribution in [0.15, 0.2) is 60.7 Å². The molecule has 1 atom stereocenters. The van der Waals surface area contributed by atoms with Crippen LogP contribution in [0.1, 0.15) is 17.2 Å². The molecule has 0 bridgehead atoms. The lowest BCUT2D eigenvalue weighted by Crippen LogP contribution is -2.35. The molecule has 2 aromatic rings. The average Bonchev–Trinajstić information content (AvgIpc) is 3.10. The minimum absolute atomic E-state index is 0.0238. The third kappa shape index (κ3) is 5.07. The van der Waals surface area contributed by atoms with Crippen molar-refractivity contribution < 1.29 is 28.9 Å². The maximum atomic E-state index is 13.1. The Kier molecular flexibility index (Phi) is 7.96. The summed E-state index contributed by atoms with van der Waals surface area (Å²) in [4.78, 5) is 29.6. The van der Waals surface area contributed by atoms with Crippen molar-refractivity contribution >= 4 is 17.4 Å². The number of ketones is 1. The van der Waals surface area contributed by atoms with Gasteiger partial charge in [0.2, 0.25) is 0 Å². The molecule has 180 valence electrons. The summed E-state index contributed by atoms with van der Waals surface area (Å²) < 4.78 is 16.2. The SMILES string of the molecule is C=CCOc1ccc(C(O)=C2C(=O)C(=O)N(CCN(C)C)[C@@H]2c2ccc(OC)c(OC)c2)cc1. The Morgan fingerprint density at radius 2 is 1.76 bits per heavy atom. The van der Waals surface area contributed by atoms with Gasteiger partial charge in [-0.05, 0) is 56.1 Å². The summed E-state index contributed by atoms with van der Waals surface area (Å²) >= 11 is 0. The van der Waals surface area contributed by atoms with E-state index in [1.54, 1.807) is 48.5 Å². The standard InChI is InChI=1S/C26H30N2O6/c1-6-15-34-19-10-7-17(8-11-19)24(29)22-23(18-9-12-20(32-4)21(16-18)33-5)28(14-13-27(2)3)26(31)25(22)30/h6-12,16,23,29H,1,13-15H2,2-5H3/t23-/m1/s1. The minimum atomic E-state index is -0.781. The van der Waals surface area contributed by atoms with Crippen molar-refractivity contribution in [2.24, 2.45) is 0 Å². The molecule has 0 spiro atoms. The van der Waals surface area contributed by atoms with Crippen LogP contribution in [0.25, 0.3) is 5.76 Å². The monoisotopic (exact) mass is 466 g/mol. The first-order valence-corrected chi connectivity index (χ1v) is 10.8. The van der Waals surface area contributed by atoms with Crippen LogP contribution in [-0.2, 0) is 9.59 Å². The highest BCUT2D eigenvalue weighted by molar-refractivity contribution is 6.46. The van der Waals surface area contributed by atoms with E-state index >= 15 is 0 Å². The van der Waals surface area contributed by atoms with Gasteiger partial charge in [-0.2, -0.15) is 0 Å². The molecule has 3 rings (SSSR count). The molecule has 1 aliphatic heterocycles. The van der Waals surface area contributed by atoms with Crippen molar-refractivity contribution in [2.45, 2.75) is 6.04 Å². The number of hydrogen-bond donors (Lipinski definition) is 1. The van der Waals surface area contributed by atoms with E-state index in [9.17, 15) is 14.7 Å². The normalized spacial score (nSPS) is 17.2. The first-order chi connectivity index (χ1) is 16.3. The summed E-state index contributed by atoms with van der Waals surface area (Å²) in [5.74, 6) is -0.0641. The van der Waals surface area contributed by atoms with Crippen LogP contribution in [0.4, 0.5) is 0 Å². The van der Waals surface area contributed by atoms with Gasteiger partial charge in [0.1, 0.15) is 18.1 Å². The van der Waals surface area contributed by atoms with E-state index in [1.807, 2.05) is 19.0 Å². The van der Waals surface area contributed by atoms with E-state index in [4.69, 9.17) is 14.2 Å². The second-order valence-electron chi connectivity index (χ2n) is 8.03. The van der Waals surface area contributed by atoms with Crippen LogP contribution in [-0.4, -0.2) is 74.6 Å². The summed E-state index contributed by atoms with van der Waals surface area (Å²) in [6.45, 7) is 4.82. The molecule has 2 aromatic carbocycles. The van der Waals surface area contributed by atoms with Crippen molar-refractivity contribution in [1.82, 2.24) is 9.80 Å². The number of carbonyl (C=O) groups is 2. The first kappa shape index (κ1) is 24.9. The number of methoxy groups -OCH3 is 2. The fraction of sp³-hybridized carbons (Fsp3) is 0.308. The lowest BCUT2D eigenvalue weighted by molar-refractivity contribution is -0.140. The van der Waals surface area contributed by atoms with Crippen molar-refractivity contribution in [2.75, 3.05) is 48.0 Å². The van der Waals surface area contributed by atoms with E-state index < -0.39 is 17.7 Å². The fourth-order valence-electron chi connectivity index (χ4n) is 3.81. The highest BCUT2D eigenvalue weighted by Gasteiger charge is 2.46. The molecule has 1 N–H and O–H groups in total. The lowest BCUT2D eigenvalue weighted by atomic mass is 9.95. The molecule has 1 saturated heterocycles. The predicted molar refractivity (Wildman–Crippen MR) is 129 cm³/mol. The number of aliphatic hydroxyl groups excluding tert-OH is 1. The molecule has 0 aliphatic carbocycles. The summed E-state index contributed by atoms with van der Waals surface area (Å²) in [7, 11) is 6.82. The van der Waals surface area contributed by atoms with Crippen molar-refractivity contribution in [1.29, 1.82) is 0 Å². The maximum Gasteiger partial charge on any atom is 0.295 e. The van der Waals surface area contributed by atoms with Crippen molar-refractivity contribution in [3.05, 3.63) is 71.8 Å². The van der Waals surface area contributed by atoms with E-state index in [2.05, 4.69) is 6.58 Å². The predicted octanol–water partition coefficient (Wildman–Crippen LogP) is 3.25. The quantitative estimate of drug-likeness (QED) is 0.249. The van der Waals surface area contributed by atoms with Crippen LogP contribution < -0.4 is 14.2 Å². The zero-order valence-corrected chi connectivity index (χ0v) is 19.9. The molecule has 0 aromatic heterocycles. The van der Waals surface area contributed by atoms with Crippen LogP contribution in [0.2, 0.25) is 0 Å². The zero-order valence-electron chi connectivity index (χ0n) is 19.9. The topological polar surface area (TPSA) is 88.5 Å². The summed E-state index contributed by atoms with van der Waals surface area (Å²) in [6, 6.07) is 11.1. The second kappa shape index (κ2) is 10.9. The van der Waals surface area contributed by atoms with Gasteiger partial charge in [0.05, 0.1) is 25.8 Å². The Morgan fingerprint density at radius 3 is 2.35 bits per heavy atom. The zero-order chi connectivity index (χ0) is 24.8. The van der Waals surface area contributed by atoms with Gasteiger partial charge < -0.3 is 29.1 Å². The van der Waals surface area contributed by atoms with Crippen LogP contribution in [0.3, 0.4) is 0 Å². The van der Waals surface area contributed by atoms with Crippen LogP contribution in [0, 0.1) is 0 Å². The number of amides is 1.